The number of amides is 1. The molecule has 0 saturated heterocycles. The predicted octanol–water partition coefficient (Wildman–Crippen LogP) is 4.37. The first-order chi connectivity index (χ1) is 19.8. The van der Waals surface area contributed by atoms with E-state index in [2.05, 4.69) is 22.2 Å². The summed E-state index contributed by atoms with van der Waals surface area (Å²) >= 11 is 0. The summed E-state index contributed by atoms with van der Waals surface area (Å²) in [5, 5.41) is 22.6. The van der Waals surface area contributed by atoms with Gasteiger partial charge in [0.2, 0.25) is 10.0 Å². The monoisotopic (exact) mass is 580 g/mol. The van der Waals surface area contributed by atoms with Crippen molar-refractivity contribution in [3.63, 3.8) is 0 Å². The molecule has 4 N–H and O–H groups in total. The highest BCUT2D eigenvalue weighted by molar-refractivity contribution is 7.90. The van der Waals surface area contributed by atoms with Crippen molar-refractivity contribution in [2.45, 2.75) is 57.2 Å². The van der Waals surface area contributed by atoms with Gasteiger partial charge >= 0.3 is 0 Å². The Balaban J connectivity index is 1.42. The van der Waals surface area contributed by atoms with Crippen molar-refractivity contribution < 1.29 is 28.2 Å². The molecule has 0 unspecified atom stereocenters. The van der Waals surface area contributed by atoms with Crippen LogP contribution in [0.15, 0.2) is 72.8 Å². The van der Waals surface area contributed by atoms with E-state index >= 15 is 0 Å². The van der Waals surface area contributed by atoms with Crippen LogP contribution in [0.1, 0.15) is 66.1 Å². The zero-order valence-corrected chi connectivity index (χ0v) is 24.1. The number of nitrogens with one attached hydrogen (secondary N) is 2. The maximum Gasteiger partial charge on any atom is 0.268 e. The van der Waals surface area contributed by atoms with E-state index in [4.69, 9.17) is 9.84 Å². The van der Waals surface area contributed by atoms with Gasteiger partial charge in [-0.05, 0) is 79.5 Å². The summed E-state index contributed by atoms with van der Waals surface area (Å²) in [5.41, 5.74) is 4.04. The lowest BCUT2D eigenvalue weighted by atomic mass is 9.97. The van der Waals surface area contributed by atoms with Gasteiger partial charge in [-0.2, -0.15) is 0 Å². The third kappa shape index (κ3) is 9.39. The van der Waals surface area contributed by atoms with Gasteiger partial charge in [0, 0.05) is 13.2 Å². The molecule has 0 bridgehead atoms. The molecule has 1 saturated carbocycles. The van der Waals surface area contributed by atoms with Gasteiger partial charge in [-0.15, -0.1) is 0 Å². The maximum atomic E-state index is 13.0. The Morgan fingerprint density at radius 2 is 1.66 bits per heavy atom. The standard InChI is InChI=1S/C32H40N2O6S/c35-20-7-21-41(38,39)34-32(37)29-17-16-27(22-31(29)40-28-10-5-2-6-11-28)25-14-12-24(13-15-25)18-19-33-23-30(36)26-8-3-1-4-9-26/h1,3-4,8-9,12-17,22,28,30,33,35-36H,2,5-7,10-11,18-21,23H2,(H,34,37)/t30-/m1/s1. The molecular formula is C32H40N2O6S. The molecule has 1 aliphatic carbocycles. The van der Waals surface area contributed by atoms with Crippen molar-refractivity contribution in [3.8, 4) is 16.9 Å². The minimum Gasteiger partial charge on any atom is -0.490 e. The lowest BCUT2D eigenvalue weighted by molar-refractivity contribution is 0.0969. The van der Waals surface area contributed by atoms with Gasteiger partial charge in [0.25, 0.3) is 5.91 Å². The molecule has 4 rings (SSSR count). The zero-order valence-electron chi connectivity index (χ0n) is 23.3. The normalized spacial score (nSPS) is 14.9. The van der Waals surface area contributed by atoms with Crippen LogP contribution in [0.4, 0.5) is 0 Å². The Hall–Kier alpha value is -3.24. The van der Waals surface area contributed by atoms with Gasteiger partial charge in [-0.25, -0.2) is 13.1 Å². The van der Waals surface area contributed by atoms with Crippen LogP contribution < -0.4 is 14.8 Å². The van der Waals surface area contributed by atoms with Gasteiger partial charge in [0.05, 0.1) is 23.5 Å². The second-order valence-electron chi connectivity index (χ2n) is 10.5. The van der Waals surface area contributed by atoms with E-state index in [-0.39, 0.29) is 30.4 Å². The van der Waals surface area contributed by atoms with E-state index in [1.54, 1.807) is 12.1 Å². The van der Waals surface area contributed by atoms with Crippen molar-refractivity contribution >= 4 is 15.9 Å². The fourth-order valence-electron chi connectivity index (χ4n) is 4.98. The molecule has 0 radical (unpaired) electrons. The molecule has 41 heavy (non-hydrogen) atoms. The summed E-state index contributed by atoms with van der Waals surface area (Å²) < 4.78 is 33.0. The number of aliphatic hydroxyl groups is 2. The van der Waals surface area contributed by atoms with Crippen LogP contribution in [0.3, 0.4) is 0 Å². The number of rotatable bonds is 14. The first-order valence-electron chi connectivity index (χ1n) is 14.3. The average molecular weight is 581 g/mol. The number of hydrogen-bond acceptors (Lipinski definition) is 7. The van der Waals surface area contributed by atoms with E-state index in [1.807, 2.05) is 48.5 Å². The third-order valence-corrected chi connectivity index (χ3v) is 8.61. The summed E-state index contributed by atoms with van der Waals surface area (Å²) in [5.74, 6) is -0.697. The number of carbonyl (C=O) groups is 1. The van der Waals surface area contributed by atoms with Gasteiger partial charge < -0.3 is 20.3 Å². The van der Waals surface area contributed by atoms with Crippen LogP contribution in [0, 0.1) is 0 Å². The summed E-state index contributed by atoms with van der Waals surface area (Å²) in [6.07, 6.45) is 5.35. The SMILES string of the molecule is O=C(NS(=O)(=O)CCCO)c1ccc(-c2ccc(CCNC[C@@H](O)c3ccccc3)cc2)cc1OC1CCCCC1. The van der Waals surface area contributed by atoms with Crippen molar-refractivity contribution in [2.24, 2.45) is 0 Å². The van der Waals surface area contributed by atoms with Crippen LogP contribution in [0.5, 0.6) is 5.75 Å². The molecule has 1 atom stereocenters. The first-order valence-corrected chi connectivity index (χ1v) is 16.0. The highest BCUT2D eigenvalue weighted by Gasteiger charge is 2.23. The minimum absolute atomic E-state index is 0.0215. The van der Waals surface area contributed by atoms with Crippen LogP contribution in [-0.4, -0.2) is 56.1 Å². The van der Waals surface area contributed by atoms with Crippen molar-refractivity contribution in [1.82, 2.24) is 10.0 Å². The van der Waals surface area contributed by atoms with Gasteiger partial charge in [-0.3, -0.25) is 4.79 Å². The summed E-state index contributed by atoms with van der Waals surface area (Å²) in [6.45, 7) is 0.939. The van der Waals surface area contributed by atoms with Crippen molar-refractivity contribution in [2.75, 3.05) is 25.4 Å². The maximum absolute atomic E-state index is 13.0. The molecule has 8 nitrogen and oxygen atoms in total. The molecule has 1 fully saturated rings. The molecule has 0 aliphatic heterocycles. The molecule has 0 aromatic heterocycles. The van der Waals surface area contributed by atoms with Gasteiger partial charge in [0.1, 0.15) is 5.75 Å². The number of hydrogen-bond donors (Lipinski definition) is 4. The zero-order chi connectivity index (χ0) is 29.1. The Bertz CT molecular complexity index is 1360. The topological polar surface area (TPSA) is 125 Å². The van der Waals surface area contributed by atoms with Crippen molar-refractivity contribution in [1.29, 1.82) is 0 Å². The quantitative estimate of drug-likeness (QED) is 0.209. The molecule has 0 heterocycles. The van der Waals surface area contributed by atoms with Gasteiger partial charge in [-0.1, -0.05) is 67.1 Å². The smallest absolute Gasteiger partial charge is 0.268 e. The lowest BCUT2D eigenvalue weighted by Crippen LogP contribution is -2.33. The number of sulfonamides is 1. The second-order valence-corrected chi connectivity index (χ2v) is 12.3. The fraction of sp³-hybridized carbons (Fsp3) is 0.406. The lowest BCUT2D eigenvalue weighted by Gasteiger charge is -2.24. The molecule has 9 heteroatoms. The van der Waals surface area contributed by atoms with E-state index in [1.165, 1.54) is 0 Å². The highest BCUT2D eigenvalue weighted by atomic mass is 32.2. The van der Waals surface area contributed by atoms with E-state index in [9.17, 15) is 18.3 Å². The largest absolute Gasteiger partial charge is 0.490 e. The van der Waals surface area contributed by atoms with Crippen LogP contribution >= 0.6 is 0 Å². The Morgan fingerprint density at radius 1 is 0.951 bits per heavy atom. The van der Waals surface area contributed by atoms with Gasteiger partial charge in [0.15, 0.2) is 0 Å². The average Bonchev–Trinajstić information content (AvgIpc) is 2.99. The minimum atomic E-state index is -3.87. The summed E-state index contributed by atoms with van der Waals surface area (Å²) in [6, 6.07) is 23.0. The molecule has 3 aromatic rings. The Morgan fingerprint density at radius 3 is 2.37 bits per heavy atom. The summed E-state index contributed by atoms with van der Waals surface area (Å²) in [7, 11) is -3.87. The first kappa shape index (κ1) is 30.7. The third-order valence-electron chi connectivity index (χ3n) is 7.29. The number of ether oxygens (including phenoxy) is 1. The fourth-order valence-corrected chi connectivity index (χ4v) is 5.98. The highest BCUT2D eigenvalue weighted by Crippen LogP contribution is 2.31. The summed E-state index contributed by atoms with van der Waals surface area (Å²) in [4.78, 5) is 13.0. The number of carbonyl (C=O) groups excluding carboxylic acids is 1. The molecule has 3 aromatic carbocycles. The Kier molecular flexibility index (Phi) is 11.3. The van der Waals surface area contributed by atoms with Crippen molar-refractivity contribution in [3.05, 3.63) is 89.5 Å². The van der Waals surface area contributed by atoms with Crippen LogP contribution in [0.2, 0.25) is 0 Å². The molecule has 0 spiro atoms. The second kappa shape index (κ2) is 15.1. The molecule has 1 aliphatic rings. The number of benzene rings is 3. The molecule has 220 valence electrons. The van der Waals surface area contributed by atoms with Crippen LogP contribution in [0.25, 0.3) is 11.1 Å². The molecule has 1 amide bonds. The number of aliphatic hydroxyl groups excluding tert-OH is 2. The Labute approximate surface area is 242 Å². The predicted molar refractivity (Wildman–Crippen MR) is 160 cm³/mol. The van der Waals surface area contributed by atoms with E-state index < -0.39 is 22.0 Å². The van der Waals surface area contributed by atoms with E-state index in [0.29, 0.717) is 12.3 Å². The molecular weight excluding hydrogens is 540 g/mol. The van der Waals surface area contributed by atoms with E-state index in [0.717, 1.165) is 67.3 Å². The van der Waals surface area contributed by atoms with Crippen LogP contribution in [-0.2, 0) is 16.4 Å².